The summed E-state index contributed by atoms with van der Waals surface area (Å²) < 4.78 is 16.4. The van der Waals surface area contributed by atoms with Crippen LogP contribution < -0.4 is 24.8 Å². The number of methoxy groups -OCH3 is 1. The topological polar surface area (TPSA) is 64.1 Å². The molecule has 0 atom stereocenters. The van der Waals surface area contributed by atoms with E-state index in [0.29, 0.717) is 13.3 Å². The van der Waals surface area contributed by atoms with E-state index in [1.165, 1.54) is 5.56 Å². The monoisotopic (exact) mass is 381 g/mol. The number of hydrogen-bond donors (Lipinski definition) is 2. The van der Waals surface area contributed by atoms with Gasteiger partial charge >= 0.3 is 0 Å². The third kappa shape index (κ3) is 3.86. The summed E-state index contributed by atoms with van der Waals surface area (Å²) in [5, 5.41) is 6.86. The van der Waals surface area contributed by atoms with Gasteiger partial charge in [-0.1, -0.05) is 24.3 Å². The number of guanidine groups is 1. The van der Waals surface area contributed by atoms with Crippen molar-refractivity contribution in [1.82, 2.24) is 10.6 Å². The minimum atomic E-state index is 0.140. The van der Waals surface area contributed by atoms with Crippen LogP contribution in [0.2, 0.25) is 0 Å². The standard InChI is InChI=1S/C22H27N3O3/c1-3-23-21(24-13-16-6-4-5-7-18(16)26-2)25-14-22(10-11-22)17-8-9-19-20(12-17)28-15-27-19/h4-9,12H,3,10-11,13-15H2,1-2H3,(H2,23,24,25). The van der Waals surface area contributed by atoms with Gasteiger partial charge < -0.3 is 24.8 Å². The highest BCUT2D eigenvalue weighted by molar-refractivity contribution is 5.80. The SMILES string of the molecule is CCNC(=NCc1ccccc1OC)NCC1(c2ccc3c(c2)OCO3)CC1. The van der Waals surface area contributed by atoms with Gasteiger partial charge in [0.05, 0.1) is 13.7 Å². The second kappa shape index (κ2) is 8.00. The maximum absolute atomic E-state index is 5.55. The van der Waals surface area contributed by atoms with Crippen LogP contribution in [-0.4, -0.2) is 33.0 Å². The van der Waals surface area contributed by atoms with Gasteiger partial charge in [-0.05, 0) is 43.5 Å². The first kappa shape index (κ1) is 18.5. The highest BCUT2D eigenvalue weighted by atomic mass is 16.7. The van der Waals surface area contributed by atoms with Crippen molar-refractivity contribution in [2.24, 2.45) is 4.99 Å². The summed E-state index contributed by atoms with van der Waals surface area (Å²) >= 11 is 0. The minimum absolute atomic E-state index is 0.140. The molecule has 2 aromatic rings. The number of nitrogens with one attached hydrogen (secondary N) is 2. The number of fused-ring (bicyclic) bond motifs is 1. The Morgan fingerprint density at radius 3 is 2.71 bits per heavy atom. The van der Waals surface area contributed by atoms with Gasteiger partial charge in [-0.25, -0.2) is 4.99 Å². The molecule has 0 unspecified atom stereocenters. The predicted molar refractivity (Wildman–Crippen MR) is 109 cm³/mol. The lowest BCUT2D eigenvalue weighted by atomic mass is 9.95. The van der Waals surface area contributed by atoms with Crippen molar-refractivity contribution >= 4 is 5.96 Å². The highest BCUT2D eigenvalue weighted by Crippen LogP contribution is 2.49. The van der Waals surface area contributed by atoms with Crippen LogP contribution in [0.1, 0.15) is 30.9 Å². The van der Waals surface area contributed by atoms with Crippen molar-refractivity contribution in [3.05, 3.63) is 53.6 Å². The highest BCUT2D eigenvalue weighted by Gasteiger charge is 2.44. The first-order valence-electron chi connectivity index (χ1n) is 9.78. The fourth-order valence-electron chi connectivity index (χ4n) is 3.54. The molecule has 148 valence electrons. The van der Waals surface area contributed by atoms with E-state index in [2.05, 4.69) is 29.7 Å². The lowest BCUT2D eigenvalue weighted by molar-refractivity contribution is 0.174. The number of benzene rings is 2. The zero-order chi connectivity index (χ0) is 19.4. The van der Waals surface area contributed by atoms with Gasteiger partial charge in [0.2, 0.25) is 6.79 Å². The molecule has 4 rings (SSSR count). The van der Waals surface area contributed by atoms with E-state index >= 15 is 0 Å². The summed E-state index contributed by atoms with van der Waals surface area (Å²) in [6.07, 6.45) is 2.32. The van der Waals surface area contributed by atoms with Crippen LogP contribution in [0.25, 0.3) is 0 Å². The van der Waals surface area contributed by atoms with Crippen molar-refractivity contribution < 1.29 is 14.2 Å². The van der Waals surface area contributed by atoms with Crippen molar-refractivity contribution in [3.63, 3.8) is 0 Å². The second-order valence-corrected chi connectivity index (χ2v) is 7.21. The van der Waals surface area contributed by atoms with Crippen LogP contribution in [0, 0.1) is 0 Å². The largest absolute Gasteiger partial charge is 0.496 e. The molecule has 0 spiro atoms. The van der Waals surface area contributed by atoms with E-state index in [-0.39, 0.29) is 5.41 Å². The average molecular weight is 381 g/mol. The van der Waals surface area contributed by atoms with Crippen LogP contribution in [-0.2, 0) is 12.0 Å². The van der Waals surface area contributed by atoms with Crippen molar-refractivity contribution in [2.75, 3.05) is 27.0 Å². The molecule has 0 aromatic heterocycles. The first-order chi connectivity index (χ1) is 13.7. The van der Waals surface area contributed by atoms with Gasteiger partial charge in [0.15, 0.2) is 17.5 Å². The lowest BCUT2D eigenvalue weighted by Gasteiger charge is -2.19. The molecule has 1 aliphatic heterocycles. The Morgan fingerprint density at radius 2 is 1.93 bits per heavy atom. The molecule has 2 N–H and O–H groups in total. The molecule has 1 fully saturated rings. The zero-order valence-electron chi connectivity index (χ0n) is 16.5. The summed E-state index contributed by atoms with van der Waals surface area (Å²) in [6, 6.07) is 14.3. The molecule has 2 aliphatic rings. The second-order valence-electron chi connectivity index (χ2n) is 7.21. The molecule has 28 heavy (non-hydrogen) atoms. The number of para-hydroxylation sites is 1. The number of ether oxygens (including phenoxy) is 3. The fraction of sp³-hybridized carbons (Fsp3) is 0.409. The number of nitrogens with zero attached hydrogens (tertiary/aromatic N) is 1. The summed E-state index contributed by atoms with van der Waals surface area (Å²) in [5.74, 6) is 3.36. The zero-order valence-corrected chi connectivity index (χ0v) is 16.5. The average Bonchev–Trinajstić information content (AvgIpc) is 3.38. The van der Waals surface area contributed by atoms with E-state index in [4.69, 9.17) is 19.2 Å². The molecule has 0 saturated heterocycles. The predicted octanol–water partition coefficient (Wildman–Crippen LogP) is 3.21. The van der Waals surface area contributed by atoms with Crippen LogP contribution in [0.5, 0.6) is 17.2 Å². The summed E-state index contributed by atoms with van der Waals surface area (Å²) in [5.41, 5.74) is 2.51. The van der Waals surface area contributed by atoms with Gasteiger partial charge in [-0.15, -0.1) is 0 Å². The maximum atomic E-state index is 5.55. The Bertz CT molecular complexity index is 862. The van der Waals surface area contributed by atoms with Crippen molar-refractivity contribution in [3.8, 4) is 17.2 Å². The Morgan fingerprint density at radius 1 is 1.11 bits per heavy atom. The summed E-state index contributed by atoms with van der Waals surface area (Å²) in [7, 11) is 1.69. The Hall–Kier alpha value is -2.89. The van der Waals surface area contributed by atoms with Crippen LogP contribution in [0.15, 0.2) is 47.5 Å². The van der Waals surface area contributed by atoms with E-state index in [0.717, 1.165) is 54.7 Å². The first-order valence-corrected chi connectivity index (χ1v) is 9.78. The quantitative estimate of drug-likeness (QED) is 0.570. The third-order valence-electron chi connectivity index (χ3n) is 5.38. The molecule has 6 heteroatoms. The van der Waals surface area contributed by atoms with Gasteiger partial charge in [-0.2, -0.15) is 0 Å². The molecule has 1 heterocycles. The van der Waals surface area contributed by atoms with E-state index in [1.54, 1.807) is 7.11 Å². The lowest BCUT2D eigenvalue weighted by Crippen LogP contribution is -2.41. The molecule has 1 saturated carbocycles. The Balaban J connectivity index is 1.43. The molecular formula is C22H27N3O3. The Kier molecular flexibility index (Phi) is 5.28. The maximum Gasteiger partial charge on any atom is 0.231 e. The molecule has 0 radical (unpaired) electrons. The molecular weight excluding hydrogens is 354 g/mol. The van der Waals surface area contributed by atoms with Gasteiger partial charge in [0.1, 0.15) is 5.75 Å². The van der Waals surface area contributed by atoms with Gasteiger partial charge in [0, 0.05) is 24.1 Å². The molecule has 0 bridgehead atoms. The van der Waals surface area contributed by atoms with E-state index < -0.39 is 0 Å². The molecule has 0 amide bonds. The fourth-order valence-corrected chi connectivity index (χ4v) is 3.54. The van der Waals surface area contributed by atoms with Crippen LogP contribution in [0.4, 0.5) is 0 Å². The van der Waals surface area contributed by atoms with Crippen molar-refractivity contribution in [2.45, 2.75) is 31.7 Å². The molecule has 6 nitrogen and oxygen atoms in total. The smallest absolute Gasteiger partial charge is 0.231 e. The number of rotatable bonds is 7. The summed E-state index contributed by atoms with van der Waals surface area (Å²) in [4.78, 5) is 4.74. The number of hydrogen-bond acceptors (Lipinski definition) is 4. The third-order valence-corrected chi connectivity index (χ3v) is 5.38. The Labute approximate surface area is 165 Å². The van der Waals surface area contributed by atoms with Crippen molar-refractivity contribution in [1.29, 1.82) is 0 Å². The van der Waals surface area contributed by atoms with E-state index in [1.807, 2.05) is 30.3 Å². The van der Waals surface area contributed by atoms with Crippen LogP contribution in [0.3, 0.4) is 0 Å². The molecule has 2 aromatic carbocycles. The normalized spacial score (nSPS) is 16.6. The summed E-state index contributed by atoms with van der Waals surface area (Å²) in [6.45, 7) is 4.60. The van der Waals surface area contributed by atoms with Gasteiger partial charge in [0.25, 0.3) is 0 Å². The minimum Gasteiger partial charge on any atom is -0.496 e. The van der Waals surface area contributed by atoms with Gasteiger partial charge in [-0.3, -0.25) is 0 Å². The van der Waals surface area contributed by atoms with E-state index in [9.17, 15) is 0 Å². The number of aliphatic imine (C=N–C) groups is 1. The van der Waals surface area contributed by atoms with Crippen LogP contribution >= 0.6 is 0 Å². The molecule has 1 aliphatic carbocycles.